The number of benzene rings is 2. The summed E-state index contributed by atoms with van der Waals surface area (Å²) in [7, 11) is 3.02. The maximum Gasteiger partial charge on any atom is 0.338 e. The quantitative estimate of drug-likeness (QED) is 0.420. The molecule has 0 spiro atoms. The van der Waals surface area contributed by atoms with Gasteiger partial charge in [0.15, 0.2) is 0 Å². The number of nitro benzene ring substituents is 1. The molecule has 0 saturated carbocycles. The summed E-state index contributed by atoms with van der Waals surface area (Å²) in [4.78, 5) is 22.3. The van der Waals surface area contributed by atoms with E-state index in [9.17, 15) is 14.9 Å². The van der Waals surface area contributed by atoms with Crippen molar-refractivity contribution in [2.75, 3.05) is 14.2 Å². The number of esters is 1. The molecule has 0 radical (unpaired) electrons. The molecule has 0 fully saturated rings. The summed E-state index contributed by atoms with van der Waals surface area (Å²) in [6, 6.07) is 8.74. The molecule has 0 amide bonds. The van der Waals surface area contributed by atoms with E-state index in [1.807, 2.05) is 0 Å². The van der Waals surface area contributed by atoms with E-state index >= 15 is 0 Å². The van der Waals surface area contributed by atoms with Crippen molar-refractivity contribution in [3.05, 3.63) is 62.1 Å². The number of nitro groups is 1. The van der Waals surface area contributed by atoms with E-state index in [0.717, 1.165) is 0 Å². The third kappa shape index (κ3) is 4.02. The molecule has 0 N–H and O–H groups in total. The fourth-order valence-electron chi connectivity index (χ4n) is 2.01. The van der Waals surface area contributed by atoms with Crippen molar-refractivity contribution >= 4 is 27.6 Å². The lowest BCUT2D eigenvalue weighted by Crippen LogP contribution is -2.07. The molecular formula is C16H14BrNO6. The first-order valence-corrected chi connectivity index (χ1v) is 7.57. The highest BCUT2D eigenvalue weighted by atomic mass is 79.9. The van der Waals surface area contributed by atoms with E-state index in [0.29, 0.717) is 21.5 Å². The van der Waals surface area contributed by atoms with Crippen LogP contribution in [0.3, 0.4) is 0 Å². The molecule has 0 bridgehead atoms. The Morgan fingerprint density at radius 3 is 2.50 bits per heavy atom. The van der Waals surface area contributed by atoms with Gasteiger partial charge in [0, 0.05) is 17.7 Å². The van der Waals surface area contributed by atoms with E-state index in [-0.39, 0.29) is 17.9 Å². The highest BCUT2D eigenvalue weighted by Gasteiger charge is 2.15. The standard InChI is InChI=1S/C16H14BrNO6/c1-22-14-8-13(17)15(23-2)7-11(14)9-24-16(19)10-4-3-5-12(6-10)18(20)21/h3-8H,9H2,1-2H3. The Morgan fingerprint density at radius 2 is 1.88 bits per heavy atom. The predicted molar refractivity (Wildman–Crippen MR) is 89.5 cm³/mol. The number of halogens is 1. The summed E-state index contributed by atoms with van der Waals surface area (Å²) in [5.41, 5.74) is 0.538. The van der Waals surface area contributed by atoms with Gasteiger partial charge in [-0.15, -0.1) is 0 Å². The third-order valence-corrected chi connectivity index (χ3v) is 3.83. The van der Waals surface area contributed by atoms with E-state index < -0.39 is 10.9 Å². The molecule has 0 saturated heterocycles. The van der Waals surface area contributed by atoms with Gasteiger partial charge in [-0.25, -0.2) is 4.79 Å². The number of nitrogens with zero attached hydrogens (tertiary/aromatic N) is 1. The zero-order chi connectivity index (χ0) is 17.7. The minimum atomic E-state index is -0.664. The van der Waals surface area contributed by atoms with Gasteiger partial charge in [-0.1, -0.05) is 6.07 Å². The van der Waals surface area contributed by atoms with Gasteiger partial charge in [-0.3, -0.25) is 10.1 Å². The number of non-ortho nitro benzene ring substituents is 1. The van der Waals surface area contributed by atoms with Crippen molar-refractivity contribution < 1.29 is 23.9 Å². The van der Waals surface area contributed by atoms with Gasteiger partial charge in [0.05, 0.1) is 29.2 Å². The first-order valence-electron chi connectivity index (χ1n) is 6.78. The number of hydrogen-bond acceptors (Lipinski definition) is 6. The highest BCUT2D eigenvalue weighted by molar-refractivity contribution is 9.10. The van der Waals surface area contributed by atoms with Crippen LogP contribution in [0.25, 0.3) is 0 Å². The molecule has 0 atom stereocenters. The number of ether oxygens (including phenoxy) is 3. The summed E-state index contributed by atoms with van der Waals surface area (Å²) >= 11 is 3.34. The molecule has 126 valence electrons. The van der Waals surface area contributed by atoms with Crippen molar-refractivity contribution in [2.24, 2.45) is 0 Å². The molecular weight excluding hydrogens is 382 g/mol. The summed E-state index contributed by atoms with van der Waals surface area (Å²) in [6.45, 7) is -0.0612. The Morgan fingerprint density at radius 1 is 1.17 bits per heavy atom. The molecule has 0 aliphatic rings. The molecule has 24 heavy (non-hydrogen) atoms. The second-order valence-corrected chi connectivity index (χ2v) is 5.54. The number of hydrogen-bond donors (Lipinski definition) is 0. The van der Waals surface area contributed by atoms with Crippen LogP contribution in [0, 0.1) is 10.1 Å². The van der Waals surface area contributed by atoms with Gasteiger partial charge in [-0.2, -0.15) is 0 Å². The number of carbonyl (C=O) groups excluding carboxylic acids is 1. The first kappa shape index (κ1) is 17.7. The van der Waals surface area contributed by atoms with Crippen molar-refractivity contribution in [3.63, 3.8) is 0 Å². The normalized spacial score (nSPS) is 10.1. The smallest absolute Gasteiger partial charge is 0.338 e. The lowest BCUT2D eigenvalue weighted by Gasteiger charge is -2.12. The van der Waals surface area contributed by atoms with Gasteiger partial charge in [0.1, 0.15) is 18.1 Å². The van der Waals surface area contributed by atoms with Gasteiger partial charge in [-0.05, 0) is 34.1 Å². The summed E-state index contributed by atoms with van der Waals surface area (Å²) in [5, 5.41) is 10.8. The zero-order valence-corrected chi connectivity index (χ0v) is 14.5. The minimum absolute atomic E-state index is 0.0612. The zero-order valence-electron chi connectivity index (χ0n) is 12.9. The van der Waals surface area contributed by atoms with Crippen molar-refractivity contribution in [2.45, 2.75) is 6.61 Å². The number of carbonyl (C=O) groups is 1. The molecule has 2 aromatic rings. The first-order chi connectivity index (χ1) is 11.5. The lowest BCUT2D eigenvalue weighted by atomic mass is 10.2. The molecule has 8 heteroatoms. The summed E-state index contributed by atoms with van der Waals surface area (Å²) in [6.07, 6.45) is 0. The Hall–Kier alpha value is -2.61. The topological polar surface area (TPSA) is 87.9 Å². The molecule has 0 aliphatic heterocycles. The van der Waals surface area contributed by atoms with Crippen molar-refractivity contribution in [1.29, 1.82) is 0 Å². The second-order valence-electron chi connectivity index (χ2n) is 4.68. The lowest BCUT2D eigenvalue weighted by molar-refractivity contribution is -0.384. The van der Waals surface area contributed by atoms with Gasteiger partial charge in [0.2, 0.25) is 0 Å². The van der Waals surface area contributed by atoms with Gasteiger partial charge < -0.3 is 14.2 Å². The van der Waals surface area contributed by atoms with E-state index in [2.05, 4.69) is 15.9 Å². The Bertz CT molecular complexity index is 777. The SMILES string of the molecule is COc1cc(COC(=O)c2cccc([N+](=O)[O-])c2)c(OC)cc1Br. The Labute approximate surface area is 146 Å². The van der Waals surface area contributed by atoms with Crippen molar-refractivity contribution in [3.8, 4) is 11.5 Å². The van der Waals surface area contributed by atoms with Crippen LogP contribution in [0.15, 0.2) is 40.9 Å². The maximum absolute atomic E-state index is 12.1. The van der Waals surface area contributed by atoms with Gasteiger partial charge in [0.25, 0.3) is 5.69 Å². The van der Waals surface area contributed by atoms with E-state index in [4.69, 9.17) is 14.2 Å². The van der Waals surface area contributed by atoms with Gasteiger partial charge >= 0.3 is 5.97 Å². The summed E-state index contributed by atoms with van der Waals surface area (Å²) < 4.78 is 16.4. The van der Waals surface area contributed by atoms with Crippen LogP contribution < -0.4 is 9.47 Å². The molecule has 2 aromatic carbocycles. The number of methoxy groups -OCH3 is 2. The molecule has 0 heterocycles. The minimum Gasteiger partial charge on any atom is -0.496 e. The molecule has 7 nitrogen and oxygen atoms in total. The Balaban J connectivity index is 2.17. The Kier molecular flexibility index (Phi) is 5.75. The summed E-state index contributed by atoms with van der Waals surface area (Å²) in [5.74, 6) is 0.425. The van der Waals surface area contributed by atoms with Crippen LogP contribution in [0.2, 0.25) is 0 Å². The molecule has 0 aliphatic carbocycles. The molecule has 2 rings (SSSR count). The van der Waals surface area contributed by atoms with E-state index in [1.54, 1.807) is 12.1 Å². The van der Waals surface area contributed by atoms with Crippen molar-refractivity contribution in [1.82, 2.24) is 0 Å². The maximum atomic E-state index is 12.1. The second kappa shape index (κ2) is 7.78. The van der Waals surface area contributed by atoms with Crippen LogP contribution in [-0.2, 0) is 11.3 Å². The highest BCUT2D eigenvalue weighted by Crippen LogP contribution is 2.33. The third-order valence-electron chi connectivity index (χ3n) is 3.21. The fourth-order valence-corrected chi connectivity index (χ4v) is 2.49. The average molecular weight is 396 g/mol. The van der Waals surface area contributed by atoms with Crippen LogP contribution >= 0.6 is 15.9 Å². The van der Waals surface area contributed by atoms with Crippen LogP contribution in [0.1, 0.15) is 15.9 Å². The van der Waals surface area contributed by atoms with Crippen LogP contribution in [0.5, 0.6) is 11.5 Å². The predicted octanol–water partition coefficient (Wildman–Crippen LogP) is 3.73. The largest absolute Gasteiger partial charge is 0.496 e. The van der Waals surface area contributed by atoms with Crippen LogP contribution in [-0.4, -0.2) is 25.1 Å². The van der Waals surface area contributed by atoms with Crippen LogP contribution in [0.4, 0.5) is 5.69 Å². The average Bonchev–Trinajstić information content (AvgIpc) is 2.60. The monoisotopic (exact) mass is 395 g/mol. The molecule has 0 aromatic heterocycles. The molecule has 0 unspecified atom stereocenters. The fraction of sp³-hybridized carbons (Fsp3) is 0.188. The van der Waals surface area contributed by atoms with E-state index in [1.165, 1.54) is 38.5 Å². The number of rotatable bonds is 6.